The highest BCUT2D eigenvalue weighted by Gasteiger charge is 2.24. The standard InChI is InChI=1S/C30H19Br2Cl2N5O5S/c1-39-24(29(40)38-23-6-5-15(12-35)7-20(23)30(41)42)10-17-3-2-4-19(26(17)39)25(9-16-8-21(31)27(33)36-13-16)43-44-45-18-11-22(32)28(34)37-14-18/h2-8,10-11,13-14,25H,9H2,1H3,(H,38,40)(H,41,42). The highest BCUT2D eigenvalue weighted by atomic mass is 79.9. The molecule has 0 fully saturated rings. The van der Waals surface area contributed by atoms with Gasteiger partial charge in [0.15, 0.2) is 0 Å². The number of benzene rings is 2. The van der Waals surface area contributed by atoms with Crippen molar-refractivity contribution >= 4 is 95.6 Å². The van der Waals surface area contributed by atoms with E-state index in [0.29, 0.717) is 41.6 Å². The van der Waals surface area contributed by atoms with Gasteiger partial charge in [-0.1, -0.05) is 41.4 Å². The van der Waals surface area contributed by atoms with Crippen molar-refractivity contribution in [2.45, 2.75) is 17.4 Å². The van der Waals surface area contributed by atoms with Crippen molar-refractivity contribution in [3.8, 4) is 6.07 Å². The van der Waals surface area contributed by atoms with Crippen molar-refractivity contribution < 1.29 is 23.9 Å². The zero-order chi connectivity index (χ0) is 32.2. The number of rotatable bonds is 10. The average Bonchev–Trinajstić information content (AvgIpc) is 3.37. The molecule has 2 N–H and O–H groups in total. The summed E-state index contributed by atoms with van der Waals surface area (Å²) in [5.74, 6) is -1.81. The van der Waals surface area contributed by atoms with E-state index in [1.165, 1.54) is 18.2 Å². The lowest BCUT2D eigenvalue weighted by molar-refractivity contribution is -0.233. The van der Waals surface area contributed by atoms with E-state index >= 15 is 0 Å². The molecule has 0 radical (unpaired) electrons. The van der Waals surface area contributed by atoms with Gasteiger partial charge < -0.3 is 15.0 Å². The van der Waals surface area contributed by atoms with E-state index in [4.69, 9.17) is 37.7 Å². The van der Waals surface area contributed by atoms with Crippen LogP contribution in [-0.4, -0.2) is 31.5 Å². The average molecular weight is 792 g/mol. The number of carboxylic acids is 1. The quantitative estimate of drug-likeness (QED) is 0.0617. The van der Waals surface area contributed by atoms with Gasteiger partial charge in [0.05, 0.1) is 54.3 Å². The van der Waals surface area contributed by atoms with Crippen molar-refractivity contribution in [2.75, 3.05) is 5.32 Å². The van der Waals surface area contributed by atoms with Gasteiger partial charge in [-0.2, -0.15) is 9.60 Å². The lowest BCUT2D eigenvalue weighted by Gasteiger charge is -2.19. The largest absolute Gasteiger partial charge is 0.478 e. The van der Waals surface area contributed by atoms with E-state index in [1.807, 2.05) is 30.3 Å². The van der Waals surface area contributed by atoms with Crippen LogP contribution in [0.1, 0.15) is 43.6 Å². The van der Waals surface area contributed by atoms with Crippen LogP contribution in [0.15, 0.2) is 80.8 Å². The van der Waals surface area contributed by atoms with Crippen LogP contribution < -0.4 is 5.32 Å². The van der Waals surface area contributed by atoms with Gasteiger partial charge in [-0.25, -0.2) is 19.7 Å². The fourth-order valence-corrected chi connectivity index (χ4v) is 6.13. The van der Waals surface area contributed by atoms with Gasteiger partial charge in [-0.3, -0.25) is 4.79 Å². The third-order valence-electron chi connectivity index (χ3n) is 6.63. The Bertz CT molecular complexity index is 2000. The number of carboxylic acid groups (broad SMARTS) is 1. The Kier molecular flexibility index (Phi) is 10.5. The molecule has 0 spiro atoms. The van der Waals surface area contributed by atoms with Crippen molar-refractivity contribution in [2.24, 2.45) is 7.05 Å². The van der Waals surface area contributed by atoms with Gasteiger partial charge in [0.1, 0.15) is 22.1 Å². The molecular formula is C30H19Br2Cl2N5O5S. The number of nitrogens with zero attached hydrogens (tertiary/aromatic N) is 4. The number of carbonyl (C=O) groups excluding carboxylic acids is 1. The summed E-state index contributed by atoms with van der Waals surface area (Å²) in [6, 6.07) is 16.8. The number of nitriles is 1. The minimum absolute atomic E-state index is 0.0627. The summed E-state index contributed by atoms with van der Waals surface area (Å²) in [4.78, 5) is 40.2. The molecule has 0 aliphatic heterocycles. The molecule has 228 valence electrons. The zero-order valence-electron chi connectivity index (χ0n) is 22.9. The molecule has 0 bridgehead atoms. The second kappa shape index (κ2) is 14.3. The fourth-order valence-electron chi connectivity index (χ4n) is 4.55. The minimum Gasteiger partial charge on any atom is -0.478 e. The Hall–Kier alpha value is -3.48. The molecule has 10 nitrogen and oxygen atoms in total. The smallest absolute Gasteiger partial charge is 0.337 e. The Morgan fingerprint density at radius 2 is 1.82 bits per heavy atom. The Morgan fingerprint density at radius 3 is 2.51 bits per heavy atom. The lowest BCUT2D eigenvalue weighted by Crippen LogP contribution is -2.18. The third-order valence-corrected chi connectivity index (χ3v) is 9.46. The van der Waals surface area contributed by atoms with Gasteiger partial charge in [-0.05, 0) is 73.8 Å². The first kappa shape index (κ1) is 32.9. The molecule has 45 heavy (non-hydrogen) atoms. The first-order valence-corrected chi connectivity index (χ1v) is 15.9. The fraction of sp³-hybridized carbons (Fsp3) is 0.100. The zero-order valence-corrected chi connectivity index (χ0v) is 28.4. The number of nitrogens with one attached hydrogen (secondary N) is 1. The summed E-state index contributed by atoms with van der Waals surface area (Å²) >= 11 is 19.8. The van der Waals surface area contributed by atoms with Crippen LogP contribution in [0.3, 0.4) is 0 Å². The van der Waals surface area contributed by atoms with Crippen molar-refractivity contribution in [1.82, 2.24) is 14.5 Å². The van der Waals surface area contributed by atoms with Crippen LogP contribution in [0.25, 0.3) is 10.9 Å². The number of fused-ring (bicyclic) bond motifs is 1. The first-order valence-electron chi connectivity index (χ1n) is 12.8. The van der Waals surface area contributed by atoms with Crippen LogP contribution in [-0.2, 0) is 22.7 Å². The molecule has 3 heterocycles. The van der Waals surface area contributed by atoms with Gasteiger partial charge in [-0.15, -0.1) is 0 Å². The van der Waals surface area contributed by atoms with Crippen LogP contribution in [0, 0.1) is 11.3 Å². The first-order chi connectivity index (χ1) is 21.5. The predicted molar refractivity (Wildman–Crippen MR) is 177 cm³/mol. The maximum atomic E-state index is 13.5. The van der Waals surface area contributed by atoms with Gasteiger partial charge in [0.2, 0.25) is 0 Å². The normalized spacial score (nSPS) is 11.7. The third kappa shape index (κ3) is 7.50. The number of aromatic carboxylic acids is 1. The summed E-state index contributed by atoms with van der Waals surface area (Å²) in [5, 5.41) is 22.8. The summed E-state index contributed by atoms with van der Waals surface area (Å²) in [5.41, 5.74) is 2.49. The molecule has 1 atom stereocenters. The lowest BCUT2D eigenvalue weighted by atomic mass is 10.0. The Labute approximate surface area is 287 Å². The second-order valence-corrected chi connectivity index (χ2v) is 12.7. The van der Waals surface area contributed by atoms with Crippen molar-refractivity contribution in [1.29, 1.82) is 5.26 Å². The van der Waals surface area contributed by atoms with Crippen molar-refractivity contribution in [3.63, 3.8) is 0 Å². The molecule has 0 aliphatic carbocycles. The molecule has 0 saturated carbocycles. The Morgan fingerprint density at radius 1 is 1.09 bits per heavy atom. The van der Waals surface area contributed by atoms with Gasteiger partial charge in [0, 0.05) is 36.8 Å². The number of hydrogen-bond donors (Lipinski definition) is 2. The molecule has 15 heteroatoms. The molecule has 1 unspecified atom stereocenters. The number of amides is 1. The van der Waals surface area contributed by atoms with E-state index in [0.717, 1.165) is 23.0 Å². The highest BCUT2D eigenvalue weighted by molar-refractivity contribution is 9.10. The van der Waals surface area contributed by atoms with E-state index in [9.17, 15) is 14.7 Å². The number of pyridine rings is 2. The van der Waals surface area contributed by atoms with E-state index in [-0.39, 0.29) is 22.5 Å². The van der Waals surface area contributed by atoms with Gasteiger partial charge in [0.25, 0.3) is 5.91 Å². The summed E-state index contributed by atoms with van der Waals surface area (Å²) in [6.07, 6.45) is 2.83. The maximum absolute atomic E-state index is 13.5. The van der Waals surface area contributed by atoms with Crippen LogP contribution in [0.2, 0.25) is 10.3 Å². The van der Waals surface area contributed by atoms with Crippen LogP contribution in [0.4, 0.5) is 5.69 Å². The number of para-hydroxylation sites is 1. The molecule has 5 aromatic rings. The molecule has 0 aliphatic rings. The number of halogens is 4. The predicted octanol–water partition coefficient (Wildman–Crippen LogP) is 8.56. The van der Waals surface area contributed by atoms with E-state index in [2.05, 4.69) is 47.1 Å². The number of hydrogen-bond acceptors (Lipinski definition) is 8. The van der Waals surface area contributed by atoms with Crippen LogP contribution in [0.5, 0.6) is 0 Å². The van der Waals surface area contributed by atoms with Gasteiger partial charge >= 0.3 is 5.97 Å². The summed E-state index contributed by atoms with van der Waals surface area (Å²) in [7, 11) is 1.72. The van der Waals surface area contributed by atoms with E-state index < -0.39 is 18.0 Å². The Balaban J connectivity index is 1.48. The van der Waals surface area contributed by atoms with Crippen LogP contribution >= 0.6 is 67.1 Å². The maximum Gasteiger partial charge on any atom is 0.337 e. The number of aromatic nitrogens is 3. The van der Waals surface area contributed by atoms with Crippen molar-refractivity contribution in [3.05, 3.63) is 114 Å². The molecule has 0 saturated heterocycles. The molecule has 5 rings (SSSR count). The second-order valence-electron chi connectivity index (χ2n) is 9.51. The number of carbonyl (C=O) groups is 2. The number of aryl methyl sites for hydroxylation is 1. The monoisotopic (exact) mass is 789 g/mol. The molecule has 3 aromatic heterocycles. The summed E-state index contributed by atoms with van der Waals surface area (Å²) < 4.78 is 8.54. The SMILES string of the molecule is Cn1c(C(=O)Nc2ccc(C#N)cc2C(=O)O)cc2cccc(C(Cc3cnc(Cl)c(Br)c3)OOSc3cnc(Cl)c(Br)c3)c21. The van der Waals surface area contributed by atoms with E-state index in [1.54, 1.807) is 36.1 Å². The topological polar surface area (TPSA) is 139 Å². The number of anilines is 1. The minimum atomic E-state index is -1.27. The molecule has 2 aromatic carbocycles. The summed E-state index contributed by atoms with van der Waals surface area (Å²) in [6.45, 7) is 0. The highest BCUT2D eigenvalue weighted by Crippen LogP contribution is 2.35. The molecular weight excluding hydrogens is 773 g/mol. The molecule has 1 amide bonds.